The molecular formula is C15H17Cl2N3. The minimum absolute atomic E-state index is 0.532. The lowest BCUT2D eigenvalue weighted by molar-refractivity contribution is 0.987. The largest absolute Gasteiger partial charge is 0.369 e. The Balaban J connectivity index is 2.46. The highest BCUT2D eigenvalue weighted by molar-refractivity contribution is 6.37. The molecule has 2 aromatic rings. The highest BCUT2D eigenvalue weighted by Gasteiger charge is 2.15. The minimum atomic E-state index is 0.532. The summed E-state index contributed by atoms with van der Waals surface area (Å²) < 4.78 is 0. The van der Waals surface area contributed by atoms with E-state index in [0.717, 1.165) is 18.8 Å². The van der Waals surface area contributed by atoms with Gasteiger partial charge in [-0.25, -0.2) is 4.98 Å². The van der Waals surface area contributed by atoms with Crippen LogP contribution in [0, 0.1) is 0 Å². The van der Waals surface area contributed by atoms with Crippen LogP contribution >= 0.6 is 23.2 Å². The van der Waals surface area contributed by atoms with Crippen LogP contribution in [-0.2, 0) is 0 Å². The third-order valence-corrected chi connectivity index (χ3v) is 3.46. The van der Waals surface area contributed by atoms with Gasteiger partial charge < -0.3 is 10.2 Å². The number of hydrogen-bond donors (Lipinski definition) is 1. The lowest BCUT2D eigenvalue weighted by atomic mass is 10.2. The molecule has 0 saturated carbocycles. The third kappa shape index (κ3) is 3.17. The summed E-state index contributed by atoms with van der Waals surface area (Å²) >= 11 is 12.5. The molecule has 1 aromatic carbocycles. The average molecular weight is 310 g/mol. The first kappa shape index (κ1) is 14.9. The van der Waals surface area contributed by atoms with Gasteiger partial charge in [0.05, 0.1) is 10.0 Å². The Bertz CT molecular complexity index is 573. The number of anilines is 3. The monoisotopic (exact) mass is 309 g/mol. The van der Waals surface area contributed by atoms with Crippen LogP contribution in [0.15, 0.2) is 36.4 Å². The van der Waals surface area contributed by atoms with Crippen LogP contribution < -0.4 is 10.2 Å². The van der Waals surface area contributed by atoms with Gasteiger partial charge in [-0.3, -0.25) is 0 Å². The van der Waals surface area contributed by atoms with Crippen LogP contribution in [0.3, 0.4) is 0 Å². The van der Waals surface area contributed by atoms with Gasteiger partial charge in [-0.15, -0.1) is 0 Å². The van der Waals surface area contributed by atoms with E-state index >= 15 is 0 Å². The number of aromatic nitrogens is 1. The van der Waals surface area contributed by atoms with E-state index in [1.165, 1.54) is 0 Å². The van der Waals surface area contributed by atoms with Gasteiger partial charge in [0.2, 0.25) is 0 Å². The molecule has 0 unspecified atom stereocenters. The van der Waals surface area contributed by atoms with Crippen molar-refractivity contribution in [3.63, 3.8) is 0 Å². The molecule has 1 heterocycles. The third-order valence-electron chi connectivity index (χ3n) is 2.89. The summed E-state index contributed by atoms with van der Waals surface area (Å²) in [6.45, 7) is 5.59. The molecule has 0 aliphatic carbocycles. The van der Waals surface area contributed by atoms with Gasteiger partial charge in [0, 0.05) is 18.8 Å². The molecule has 0 saturated heterocycles. The predicted molar refractivity (Wildman–Crippen MR) is 87.5 cm³/mol. The minimum Gasteiger partial charge on any atom is -0.369 e. The SMILES string of the molecule is CCNc1nc(N(CC)c2ccccc2)c(Cl)cc1Cl. The first-order chi connectivity index (χ1) is 9.67. The summed E-state index contributed by atoms with van der Waals surface area (Å²) in [6, 6.07) is 11.8. The van der Waals surface area contributed by atoms with Crippen molar-refractivity contribution >= 4 is 40.5 Å². The zero-order chi connectivity index (χ0) is 14.5. The van der Waals surface area contributed by atoms with Crippen molar-refractivity contribution in [2.24, 2.45) is 0 Å². The Morgan fingerprint density at radius 2 is 1.80 bits per heavy atom. The molecule has 0 amide bonds. The molecule has 20 heavy (non-hydrogen) atoms. The predicted octanol–water partition coefficient (Wildman–Crippen LogP) is 4.98. The van der Waals surface area contributed by atoms with Gasteiger partial charge >= 0.3 is 0 Å². The van der Waals surface area contributed by atoms with Crippen LogP contribution in [0.2, 0.25) is 10.0 Å². The summed E-state index contributed by atoms with van der Waals surface area (Å²) in [5, 5.41) is 4.22. The second-order valence-electron chi connectivity index (χ2n) is 4.23. The van der Waals surface area contributed by atoms with E-state index in [1.54, 1.807) is 6.07 Å². The first-order valence-electron chi connectivity index (χ1n) is 6.59. The van der Waals surface area contributed by atoms with Crippen molar-refractivity contribution < 1.29 is 0 Å². The lowest BCUT2D eigenvalue weighted by Gasteiger charge is -2.24. The summed E-state index contributed by atoms with van der Waals surface area (Å²) in [4.78, 5) is 6.62. The van der Waals surface area contributed by atoms with Gasteiger partial charge in [-0.05, 0) is 32.0 Å². The Morgan fingerprint density at radius 1 is 1.10 bits per heavy atom. The summed E-state index contributed by atoms with van der Waals surface area (Å²) in [6.07, 6.45) is 0. The van der Waals surface area contributed by atoms with Crippen molar-refractivity contribution in [2.75, 3.05) is 23.3 Å². The molecule has 2 rings (SSSR count). The fraction of sp³-hybridized carbons (Fsp3) is 0.267. The standard InChI is InChI=1S/C15H17Cl2N3/c1-3-18-14-12(16)10-13(17)15(19-14)20(4-2)11-8-6-5-7-9-11/h5-10H,3-4H2,1-2H3,(H,18,19). The van der Waals surface area contributed by atoms with Crippen molar-refractivity contribution in [1.82, 2.24) is 4.98 Å². The zero-order valence-corrected chi connectivity index (χ0v) is 13.0. The maximum atomic E-state index is 6.31. The van der Waals surface area contributed by atoms with Crippen LogP contribution in [-0.4, -0.2) is 18.1 Å². The normalized spacial score (nSPS) is 10.4. The summed E-state index contributed by atoms with van der Waals surface area (Å²) in [5.74, 6) is 1.36. The second kappa shape index (κ2) is 6.82. The lowest BCUT2D eigenvalue weighted by Crippen LogP contribution is -2.18. The second-order valence-corrected chi connectivity index (χ2v) is 5.05. The zero-order valence-electron chi connectivity index (χ0n) is 11.5. The fourth-order valence-electron chi connectivity index (χ4n) is 2.00. The van der Waals surface area contributed by atoms with Crippen LogP contribution in [0.1, 0.15) is 13.8 Å². The van der Waals surface area contributed by atoms with Gasteiger partial charge in [-0.1, -0.05) is 41.4 Å². The highest BCUT2D eigenvalue weighted by atomic mass is 35.5. The number of nitrogens with one attached hydrogen (secondary N) is 1. The van der Waals surface area contributed by atoms with Crippen molar-refractivity contribution in [3.05, 3.63) is 46.4 Å². The number of halogens is 2. The van der Waals surface area contributed by atoms with Gasteiger partial charge in [0.1, 0.15) is 5.82 Å². The van der Waals surface area contributed by atoms with Crippen molar-refractivity contribution in [2.45, 2.75) is 13.8 Å². The van der Waals surface area contributed by atoms with Crippen molar-refractivity contribution in [1.29, 1.82) is 0 Å². The molecule has 5 heteroatoms. The number of para-hydroxylation sites is 1. The molecule has 0 spiro atoms. The average Bonchev–Trinajstić information content (AvgIpc) is 2.45. The molecule has 3 nitrogen and oxygen atoms in total. The van der Waals surface area contributed by atoms with Gasteiger partial charge in [0.15, 0.2) is 5.82 Å². The quantitative estimate of drug-likeness (QED) is 0.844. The number of hydrogen-bond acceptors (Lipinski definition) is 3. The molecule has 0 fully saturated rings. The Labute approximate surface area is 129 Å². The molecule has 1 N–H and O–H groups in total. The van der Waals surface area contributed by atoms with E-state index in [4.69, 9.17) is 23.2 Å². The highest BCUT2D eigenvalue weighted by Crippen LogP contribution is 2.34. The Morgan fingerprint density at radius 3 is 2.40 bits per heavy atom. The molecular weight excluding hydrogens is 293 g/mol. The van der Waals surface area contributed by atoms with Gasteiger partial charge in [0.25, 0.3) is 0 Å². The summed E-state index contributed by atoms with van der Waals surface area (Å²) in [5.41, 5.74) is 1.05. The molecule has 0 radical (unpaired) electrons. The van der Waals surface area contributed by atoms with Crippen LogP contribution in [0.25, 0.3) is 0 Å². The van der Waals surface area contributed by atoms with Gasteiger partial charge in [-0.2, -0.15) is 0 Å². The first-order valence-corrected chi connectivity index (χ1v) is 7.35. The Hall–Kier alpha value is -1.45. The number of benzene rings is 1. The van der Waals surface area contributed by atoms with E-state index in [1.807, 2.05) is 37.3 Å². The topological polar surface area (TPSA) is 28.2 Å². The summed E-state index contributed by atoms with van der Waals surface area (Å²) in [7, 11) is 0. The number of pyridine rings is 1. The van der Waals surface area contributed by atoms with Crippen LogP contribution in [0.5, 0.6) is 0 Å². The van der Waals surface area contributed by atoms with Crippen molar-refractivity contribution in [3.8, 4) is 0 Å². The van der Waals surface area contributed by atoms with E-state index in [9.17, 15) is 0 Å². The van der Waals surface area contributed by atoms with E-state index in [-0.39, 0.29) is 0 Å². The van der Waals surface area contributed by atoms with E-state index in [0.29, 0.717) is 21.7 Å². The van der Waals surface area contributed by atoms with E-state index < -0.39 is 0 Å². The van der Waals surface area contributed by atoms with E-state index in [2.05, 4.69) is 22.1 Å². The molecule has 0 bridgehead atoms. The maximum Gasteiger partial charge on any atom is 0.154 e. The number of nitrogens with zero attached hydrogens (tertiary/aromatic N) is 2. The molecule has 0 aliphatic rings. The number of rotatable bonds is 5. The maximum absolute atomic E-state index is 6.31. The Kier molecular flexibility index (Phi) is 5.10. The molecule has 1 aromatic heterocycles. The fourth-order valence-corrected chi connectivity index (χ4v) is 2.53. The molecule has 0 aliphatic heterocycles. The molecule has 0 atom stereocenters. The molecule has 106 valence electrons. The van der Waals surface area contributed by atoms with Crippen LogP contribution in [0.4, 0.5) is 17.3 Å². The smallest absolute Gasteiger partial charge is 0.154 e.